The molecule has 0 aromatic carbocycles. The van der Waals surface area contributed by atoms with Gasteiger partial charge in [0.15, 0.2) is 0 Å². The number of aromatic nitrogens is 1. The summed E-state index contributed by atoms with van der Waals surface area (Å²) in [6, 6.07) is 5.09. The molecule has 1 saturated heterocycles. The van der Waals surface area contributed by atoms with Crippen LogP contribution in [0.4, 0.5) is 0 Å². The molecule has 1 aliphatic heterocycles. The topological polar surface area (TPSA) is 73.7 Å². The monoisotopic (exact) mass is 264 g/mol. The molecule has 0 bridgehead atoms. The van der Waals surface area contributed by atoms with Gasteiger partial charge in [-0.3, -0.25) is 4.90 Å². The molecule has 1 aliphatic rings. The zero-order chi connectivity index (χ0) is 13.8. The molecule has 2 N–H and O–H groups in total. The molecule has 5 heteroatoms. The predicted octanol–water partition coefficient (Wildman–Crippen LogP) is 1.37. The fourth-order valence-corrected chi connectivity index (χ4v) is 2.51. The minimum Gasteiger partial charge on any atom is -0.477 e. The summed E-state index contributed by atoms with van der Waals surface area (Å²) >= 11 is 0. The molecule has 0 radical (unpaired) electrons. The van der Waals surface area contributed by atoms with E-state index in [9.17, 15) is 9.90 Å². The van der Waals surface area contributed by atoms with Crippen LogP contribution in [0.25, 0.3) is 0 Å². The standard InChI is InChI=1S/C14H20N2O3/c1-10(17)11-5-7-16(8-6-11)9-12-3-2-4-13(15-12)14(18)19/h2-4,10-11,17H,5-9H2,1H3,(H,18,19). The van der Waals surface area contributed by atoms with Gasteiger partial charge in [0, 0.05) is 6.54 Å². The Morgan fingerprint density at radius 2 is 2.16 bits per heavy atom. The molecule has 1 aromatic rings. The molecule has 0 spiro atoms. The Hall–Kier alpha value is -1.46. The van der Waals surface area contributed by atoms with Crippen LogP contribution in [-0.4, -0.2) is 45.3 Å². The highest BCUT2D eigenvalue weighted by molar-refractivity contribution is 5.85. The Morgan fingerprint density at radius 1 is 1.47 bits per heavy atom. The van der Waals surface area contributed by atoms with Gasteiger partial charge in [-0.2, -0.15) is 0 Å². The summed E-state index contributed by atoms with van der Waals surface area (Å²) < 4.78 is 0. The van der Waals surface area contributed by atoms with Crippen molar-refractivity contribution in [3.63, 3.8) is 0 Å². The summed E-state index contributed by atoms with van der Waals surface area (Å²) in [6.07, 6.45) is 1.72. The molecule has 2 heterocycles. The number of carbonyl (C=O) groups is 1. The molecule has 1 unspecified atom stereocenters. The highest BCUT2D eigenvalue weighted by Gasteiger charge is 2.22. The van der Waals surface area contributed by atoms with Crippen LogP contribution in [0.15, 0.2) is 18.2 Å². The van der Waals surface area contributed by atoms with Crippen LogP contribution >= 0.6 is 0 Å². The van der Waals surface area contributed by atoms with Crippen molar-refractivity contribution >= 4 is 5.97 Å². The van der Waals surface area contributed by atoms with E-state index >= 15 is 0 Å². The minimum atomic E-state index is -0.991. The molecule has 0 amide bonds. The third-order valence-electron chi connectivity index (χ3n) is 3.73. The first-order valence-electron chi connectivity index (χ1n) is 6.66. The van der Waals surface area contributed by atoms with Crippen molar-refractivity contribution < 1.29 is 15.0 Å². The molecule has 19 heavy (non-hydrogen) atoms. The minimum absolute atomic E-state index is 0.0939. The van der Waals surface area contributed by atoms with E-state index in [1.54, 1.807) is 6.07 Å². The van der Waals surface area contributed by atoms with Gasteiger partial charge < -0.3 is 10.2 Å². The number of aromatic carboxylic acids is 1. The summed E-state index contributed by atoms with van der Waals surface area (Å²) in [6.45, 7) is 4.37. The Labute approximate surface area is 112 Å². The van der Waals surface area contributed by atoms with Crippen LogP contribution in [0.2, 0.25) is 0 Å². The quantitative estimate of drug-likeness (QED) is 0.859. The average Bonchev–Trinajstić information content (AvgIpc) is 2.39. The Kier molecular flexibility index (Phi) is 4.50. The number of carboxylic acid groups (broad SMARTS) is 1. The predicted molar refractivity (Wildman–Crippen MR) is 70.9 cm³/mol. The fraction of sp³-hybridized carbons (Fsp3) is 0.571. The smallest absolute Gasteiger partial charge is 0.354 e. The number of hydrogen-bond donors (Lipinski definition) is 2. The first-order chi connectivity index (χ1) is 9.06. The van der Waals surface area contributed by atoms with Crippen molar-refractivity contribution in [2.75, 3.05) is 13.1 Å². The van der Waals surface area contributed by atoms with Crippen molar-refractivity contribution in [3.05, 3.63) is 29.6 Å². The Balaban J connectivity index is 1.92. The van der Waals surface area contributed by atoms with E-state index in [0.717, 1.165) is 31.6 Å². The third-order valence-corrected chi connectivity index (χ3v) is 3.73. The maximum absolute atomic E-state index is 10.9. The van der Waals surface area contributed by atoms with Gasteiger partial charge in [0.25, 0.3) is 0 Å². The lowest BCUT2D eigenvalue weighted by molar-refractivity contribution is 0.0673. The molecule has 1 aromatic heterocycles. The van der Waals surface area contributed by atoms with Crippen LogP contribution in [0.5, 0.6) is 0 Å². The van der Waals surface area contributed by atoms with E-state index in [-0.39, 0.29) is 11.8 Å². The average molecular weight is 264 g/mol. The number of piperidine rings is 1. The SMILES string of the molecule is CC(O)C1CCN(Cc2cccc(C(=O)O)n2)CC1. The van der Waals surface area contributed by atoms with Gasteiger partial charge in [0.05, 0.1) is 11.8 Å². The highest BCUT2D eigenvalue weighted by Crippen LogP contribution is 2.21. The summed E-state index contributed by atoms with van der Waals surface area (Å²) in [5, 5.41) is 18.5. The number of pyridine rings is 1. The lowest BCUT2D eigenvalue weighted by Crippen LogP contribution is -2.36. The fourth-order valence-electron chi connectivity index (χ4n) is 2.51. The normalized spacial score (nSPS) is 19.3. The van der Waals surface area contributed by atoms with Crippen LogP contribution in [-0.2, 0) is 6.54 Å². The van der Waals surface area contributed by atoms with Crippen LogP contribution in [0.3, 0.4) is 0 Å². The van der Waals surface area contributed by atoms with Crippen LogP contribution in [0.1, 0.15) is 35.9 Å². The zero-order valence-electron chi connectivity index (χ0n) is 11.1. The second-order valence-electron chi connectivity index (χ2n) is 5.17. The van der Waals surface area contributed by atoms with Gasteiger partial charge in [-0.25, -0.2) is 9.78 Å². The van der Waals surface area contributed by atoms with Crippen molar-refractivity contribution in [3.8, 4) is 0 Å². The van der Waals surface area contributed by atoms with Gasteiger partial charge in [0.1, 0.15) is 5.69 Å². The number of aliphatic hydroxyl groups is 1. The lowest BCUT2D eigenvalue weighted by atomic mass is 9.92. The second-order valence-corrected chi connectivity index (χ2v) is 5.17. The molecular weight excluding hydrogens is 244 g/mol. The molecule has 5 nitrogen and oxygen atoms in total. The van der Waals surface area contributed by atoms with Crippen molar-refractivity contribution in [2.45, 2.75) is 32.4 Å². The summed E-state index contributed by atoms with van der Waals surface area (Å²) in [5.74, 6) is -0.607. The number of aliphatic hydroxyl groups excluding tert-OH is 1. The molecular formula is C14H20N2O3. The van der Waals surface area contributed by atoms with Crippen LogP contribution in [0, 0.1) is 5.92 Å². The van der Waals surface area contributed by atoms with E-state index in [1.807, 2.05) is 13.0 Å². The van der Waals surface area contributed by atoms with E-state index in [1.165, 1.54) is 6.07 Å². The maximum atomic E-state index is 10.9. The Morgan fingerprint density at radius 3 is 2.74 bits per heavy atom. The summed E-state index contributed by atoms with van der Waals surface area (Å²) in [5.41, 5.74) is 0.881. The molecule has 2 rings (SSSR count). The summed E-state index contributed by atoms with van der Waals surface area (Å²) in [4.78, 5) is 17.2. The first kappa shape index (κ1) is 14.0. The Bertz CT molecular complexity index is 440. The number of carboxylic acids is 1. The molecule has 0 saturated carbocycles. The van der Waals surface area contributed by atoms with Gasteiger partial charge in [-0.05, 0) is 50.9 Å². The van der Waals surface area contributed by atoms with E-state index in [0.29, 0.717) is 12.5 Å². The van der Waals surface area contributed by atoms with Crippen molar-refractivity contribution in [1.82, 2.24) is 9.88 Å². The number of hydrogen-bond acceptors (Lipinski definition) is 4. The molecule has 0 aliphatic carbocycles. The van der Waals surface area contributed by atoms with Gasteiger partial charge >= 0.3 is 5.97 Å². The number of rotatable bonds is 4. The van der Waals surface area contributed by atoms with Crippen molar-refractivity contribution in [2.24, 2.45) is 5.92 Å². The number of likely N-dealkylation sites (tertiary alicyclic amines) is 1. The van der Waals surface area contributed by atoms with Crippen molar-refractivity contribution in [1.29, 1.82) is 0 Å². The molecule has 104 valence electrons. The maximum Gasteiger partial charge on any atom is 0.354 e. The van der Waals surface area contributed by atoms with Gasteiger partial charge in [-0.15, -0.1) is 0 Å². The van der Waals surface area contributed by atoms with E-state index in [4.69, 9.17) is 5.11 Å². The van der Waals surface area contributed by atoms with E-state index < -0.39 is 5.97 Å². The largest absolute Gasteiger partial charge is 0.477 e. The lowest BCUT2D eigenvalue weighted by Gasteiger charge is -2.33. The first-order valence-corrected chi connectivity index (χ1v) is 6.66. The van der Waals surface area contributed by atoms with Gasteiger partial charge in [-0.1, -0.05) is 6.07 Å². The highest BCUT2D eigenvalue weighted by atomic mass is 16.4. The van der Waals surface area contributed by atoms with Crippen LogP contribution < -0.4 is 0 Å². The summed E-state index contributed by atoms with van der Waals surface area (Å²) in [7, 11) is 0. The molecule has 1 fully saturated rings. The third kappa shape index (κ3) is 3.75. The number of nitrogens with zero attached hydrogens (tertiary/aromatic N) is 2. The second kappa shape index (κ2) is 6.12. The molecule has 1 atom stereocenters. The van der Waals surface area contributed by atoms with Gasteiger partial charge in [0.2, 0.25) is 0 Å². The van der Waals surface area contributed by atoms with E-state index in [2.05, 4.69) is 9.88 Å². The zero-order valence-corrected chi connectivity index (χ0v) is 11.1.